The summed E-state index contributed by atoms with van der Waals surface area (Å²) < 4.78 is 0.553. The molecular formula is C11H14BrNO2. The number of aryl methyl sites for hydroxylation is 2. The first-order valence-electron chi connectivity index (χ1n) is 4.64. The third-order valence-electron chi connectivity index (χ3n) is 2.28. The van der Waals surface area contributed by atoms with Crippen molar-refractivity contribution >= 4 is 21.7 Å². The fourth-order valence-corrected chi connectivity index (χ4v) is 1.79. The maximum Gasteiger partial charge on any atom is 0.183 e. The molecule has 0 fully saturated rings. The van der Waals surface area contributed by atoms with E-state index in [0.717, 1.165) is 11.1 Å². The molecule has 0 aliphatic rings. The van der Waals surface area contributed by atoms with Crippen LogP contribution in [0.4, 0.5) is 0 Å². The van der Waals surface area contributed by atoms with Crippen LogP contribution in [0.15, 0.2) is 10.5 Å². The highest BCUT2D eigenvalue weighted by molar-refractivity contribution is 9.10. The van der Waals surface area contributed by atoms with Gasteiger partial charge in [0, 0.05) is 0 Å². The van der Waals surface area contributed by atoms with Crippen LogP contribution < -0.4 is 5.73 Å². The molecule has 0 aliphatic carbocycles. The monoisotopic (exact) mass is 271 g/mol. The van der Waals surface area contributed by atoms with E-state index in [1.54, 1.807) is 13.8 Å². The lowest BCUT2D eigenvalue weighted by Gasteiger charge is -2.13. The van der Waals surface area contributed by atoms with Gasteiger partial charge in [-0.1, -0.05) is 6.07 Å². The third-order valence-corrected chi connectivity index (χ3v) is 3.28. The molecule has 0 radical (unpaired) electrons. The molecule has 1 aromatic carbocycles. The minimum atomic E-state index is -0.607. The number of Topliss-reactive ketones (excluding diaryl/α,β-unsaturated/α-hetero) is 1. The molecule has 1 unspecified atom stereocenters. The van der Waals surface area contributed by atoms with Crippen molar-refractivity contribution in [2.45, 2.75) is 26.8 Å². The second-order valence-corrected chi connectivity index (χ2v) is 4.49. The highest BCUT2D eigenvalue weighted by Crippen LogP contribution is 2.34. The lowest BCUT2D eigenvalue weighted by molar-refractivity contribution is 0.0964. The van der Waals surface area contributed by atoms with Gasteiger partial charge >= 0.3 is 0 Å². The average molecular weight is 272 g/mol. The SMILES string of the molecule is Cc1cc(C)c(C(=O)C(C)N)c(O)c1Br. The fraction of sp³-hybridized carbons (Fsp3) is 0.364. The number of nitrogens with two attached hydrogens (primary N) is 1. The molecule has 1 rings (SSSR count). The molecule has 1 aromatic rings. The summed E-state index contributed by atoms with van der Waals surface area (Å²) in [6.45, 7) is 5.25. The Hall–Kier alpha value is -0.870. The highest BCUT2D eigenvalue weighted by atomic mass is 79.9. The summed E-state index contributed by atoms with van der Waals surface area (Å²) in [4.78, 5) is 11.7. The number of hydrogen-bond donors (Lipinski definition) is 2. The number of rotatable bonds is 2. The van der Waals surface area contributed by atoms with Gasteiger partial charge in [-0.3, -0.25) is 4.79 Å². The number of phenolic OH excluding ortho intramolecular Hbond substituents is 1. The van der Waals surface area contributed by atoms with Crippen molar-refractivity contribution < 1.29 is 9.90 Å². The van der Waals surface area contributed by atoms with E-state index in [1.807, 2.05) is 13.0 Å². The first-order valence-corrected chi connectivity index (χ1v) is 5.44. The van der Waals surface area contributed by atoms with Crippen LogP contribution in [0.5, 0.6) is 5.75 Å². The lowest BCUT2D eigenvalue weighted by atomic mass is 9.98. The summed E-state index contributed by atoms with van der Waals surface area (Å²) in [5, 5.41) is 9.86. The Morgan fingerprint density at radius 2 is 2.00 bits per heavy atom. The van der Waals surface area contributed by atoms with Gasteiger partial charge in [0.1, 0.15) is 5.75 Å². The molecule has 15 heavy (non-hydrogen) atoms. The van der Waals surface area contributed by atoms with Crippen LogP contribution in [0.1, 0.15) is 28.4 Å². The predicted molar refractivity (Wildman–Crippen MR) is 63.3 cm³/mol. The van der Waals surface area contributed by atoms with Crippen LogP contribution in [0, 0.1) is 13.8 Å². The van der Waals surface area contributed by atoms with Crippen LogP contribution in [0.25, 0.3) is 0 Å². The Labute approximate surface area is 97.4 Å². The Bertz CT molecular complexity index is 414. The van der Waals surface area contributed by atoms with E-state index in [-0.39, 0.29) is 11.5 Å². The van der Waals surface area contributed by atoms with Crippen molar-refractivity contribution in [2.75, 3.05) is 0 Å². The van der Waals surface area contributed by atoms with E-state index in [2.05, 4.69) is 15.9 Å². The number of carbonyl (C=O) groups excluding carboxylic acids is 1. The average Bonchev–Trinajstić information content (AvgIpc) is 2.14. The normalized spacial score (nSPS) is 12.6. The van der Waals surface area contributed by atoms with Gasteiger partial charge < -0.3 is 10.8 Å². The van der Waals surface area contributed by atoms with Gasteiger partial charge in [-0.25, -0.2) is 0 Å². The summed E-state index contributed by atoms with van der Waals surface area (Å²) in [5.41, 5.74) is 7.47. The number of carbonyl (C=O) groups is 1. The van der Waals surface area contributed by atoms with Gasteiger partial charge in [-0.2, -0.15) is 0 Å². The first kappa shape index (κ1) is 12.2. The quantitative estimate of drug-likeness (QED) is 0.812. The molecule has 0 saturated carbocycles. The molecule has 4 heteroatoms. The minimum Gasteiger partial charge on any atom is -0.506 e. The number of ketones is 1. The summed E-state index contributed by atoms with van der Waals surface area (Å²) in [5.74, 6) is -0.263. The van der Waals surface area contributed by atoms with Crippen LogP contribution >= 0.6 is 15.9 Å². The van der Waals surface area contributed by atoms with Crippen molar-refractivity contribution in [1.29, 1.82) is 0 Å². The number of halogens is 1. The van der Waals surface area contributed by atoms with E-state index >= 15 is 0 Å². The summed E-state index contributed by atoms with van der Waals surface area (Å²) in [6, 6.07) is 1.24. The zero-order valence-electron chi connectivity index (χ0n) is 8.97. The number of benzene rings is 1. The molecule has 0 amide bonds. The Kier molecular flexibility index (Phi) is 3.52. The van der Waals surface area contributed by atoms with Gasteiger partial charge in [-0.15, -0.1) is 0 Å². The van der Waals surface area contributed by atoms with Gasteiger partial charge in [0.15, 0.2) is 5.78 Å². The van der Waals surface area contributed by atoms with Crippen LogP contribution in [0.3, 0.4) is 0 Å². The number of phenols is 1. The fourth-order valence-electron chi connectivity index (χ4n) is 1.48. The van der Waals surface area contributed by atoms with E-state index in [1.165, 1.54) is 0 Å². The highest BCUT2D eigenvalue weighted by Gasteiger charge is 2.20. The molecule has 0 aromatic heterocycles. The van der Waals surface area contributed by atoms with Crippen molar-refractivity contribution in [3.05, 3.63) is 27.2 Å². The smallest absolute Gasteiger partial charge is 0.183 e. The predicted octanol–water partition coefficient (Wildman–Crippen LogP) is 2.30. The maximum absolute atomic E-state index is 11.7. The van der Waals surface area contributed by atoms with E-state index in [9.17, 15) is 9.90 Å². The molecule has 1 atom stereocenters. The van der Waals surface area contributed by atoms with Crippen LogP contribution in [0.2, 0.25) is 0 Å². The van der Waals surface area contributed by atoms with Crippen molar-refractivity contribution in [3.63, 3.8) is 0 Å². The van der Waals surface area contributed by atoms with Crippen LogP contribution in [-0.4, -0.2) is 16.9 Å². The van der Waals surface area contributed by atoms with Crippen molar-refractivity contribution in [1.82, 2.24) is 0 Å². The van der Waals surface area contributed by atoms with Gasteiger partial charge in [0.2, 0.25) is 0 Å². The maximum atomic E-state index is 11.7. The Morgan fingerprint density at radius 3 is 2.47 bits per heavy atom. The topological polar surface area (TPSA) is 63.3 Å². The molecule has 3 nitrogen and oxygen atoms in total. The molecule has 0 bridgehead atoms. The molecule has 0 saturated heterocycles. The van der Waals surface area contributed by atoms with E-state index < -0.39 is 6.04 Å². The van der Waals surface area contributed by atoms with Crippen molar-refractivity contribution in [3.8, 4) is 5.75 Å². The summed E-state index contributed by atoms with van der Waals surface area (Å²) in [6.07, 6.45) is 0. The minimum absolute atomic E-state index is 0.0187. The molecule has 0 spiro atoms. The van der Waals surface area contributed by atoms with E-state index in [4.69, 9.17) is 5.73 Å². The number of hydrogen-bond acceptors (Lipinski definition) is 3. The van der Waals surface area contributed by atoms with Crippen molar-refractivity contribution in [2.24, 2.45) is 5.73 Å². The molecular weight excluding hydrogens is 258 g/mol. The Balaban J connectivity index is 3.43. The molecule has 82 valence electrons. The summed E-state index contributed by atoms with van der Waals surface area (Å²) in [7, 11) is 0. The second-order valence-electron chi connectivity index (χ2n) is 3.70. The van der Waals surface area contributed by atoms with Gasteiger partial charge in [0.05, 0.1) is 16.1 Å². The largest absolute Gasteiger partial charge is 0.506 e. The second kappa shape index (κ2) is 4.33. The standard InChI is InChI=1S/C11H14BrNO2/c1-5-4-6(2)9(12)11(15)8(5)10(14)7(3)13/h4,7,15H,13H2,1-3H3. The molecule has 0 aliphatic heterocycles. The zero-order chi connectivity index (χ0) is 11.7. The Morgan fingerprint density at radius 1 is 1.47 bits per heavy atom. The molecule has 0 heterocycles. The third kappa shape index (κ3) is 2.21. The van der Waals surface area contributed by atoms with Gasteiger partial charge in [-0.05, 0) is 47.8 Å². The first-order chi connectivity index (χ1) is 6.86. The summed E-state index contributed by atoms with van der Waals surface area (Å²) >= 11 is 3.24. The van der Waals surface area contributed by atoms with E-state index in [0.29, 0.717) is 10.0 Å². The van der Waals surface area contributed by atoms with Gasteiger partial charge in [0.25, 0.3) is 0 Å². The number of aromatic hydroxyl groups is 1. The van der Waals surface area contributed by atoms with Crippen LogP contribution in [-0.2, 0) is 0 Å². The molecule has 3 N–H and O–H groups in total. The lowest BCUT2D eigenvalue weighted by Crippen LogP contribution is -2.27. The zero-order valence-corrected chi connectivity index (χ0v) is 10.6.